The molecule has 59 heavy (non-hydrogen) atoms. The Labute approximate surface area is 349 Å². The average molecular weight is 760 g/mol. The maximum atomic E-state index is 2.56. The van der Waals surface area contributed by atoms with E-state index >= 15 is 0 Å². The van der Waals surface area contributed by atoms with Crippen molar-refractivity contribution >= 4 is 27.8 Å². The molecule has 1 heteroatoms. The Morgan fingerprint density at radius 3 is 1.71 bits per heavy atom. The van der Waals surface area contributed by atoms with Gasteiger partial charge in [-0.3, -0.25) is 0 Å². The molecule has 0 saturated heterocycles. The molecular weight excluding hydrogens is 711 g/mol. The van der Waals surface area contributed by atoms with Crippen LogP contribution < -0.4 is 4.90 Å². The van der Waals surface area contributed by atoms with Crippen molar-refractivity contribution in [1.29, 1.82) is 0 Å². The van der Waals surface area contributed by atoms with Crippen LogP contribution in [0, 0.1) is 24.7 Å². The van der Waals surface area contributed by atoms with Crippen molar-refractivity contribution in [3.8, 4) is 22.3 Å². The van der Waals surface area contributed by atoms with Gasteiger partial charge in [-0.1, -0.05) is 158 Å². The van der Waals surface area contributed by atoms with Gasteiger partial charge in [0.1, 0.15) is 0 Å². The number of rotatable bonds is 7. The summed E-state index contributed by atoms with van der Waals surface area (Å²) in [6, 6.07) is 71.2. The number of aryl methyl sites for hydroxylation is 1. The largest absolute Gasteiger partial charge is 0.310 e. The molecule has 0 atom stereocenters. The second-order valence-electron chi connectivity index (χ2n) is 18.3. The van der Waals surface area contributed by atoms with Crippen LogP contribution in [0.25, 0.3) is 33.0 Å². The third kappa shape index (κ3) is 5.30. The minimum atomic E-state index is -0.491. The highest BCUT2D eigenvalue weighted by Crippen LogP contribution is 2.62. The van der Waals surface area contributed by atoms with Gasteiger partial charge in [0, 0.05) is 16.9 Å². The third-order valence-corrected chi connectivity index (χ3v) is 15.0. The molecule has 5 aliphatic rings. The Morgan fingerprint density at radius 2 is 1.05 bits per heavy atom. The van der Waals surface area contributed by atoms with Crippen molar-refractivity contribution in [3.05, 3.63) is 221 Å². The number of hydrogen-bond donors (Lipinski definition) is 0. The lowest BCUT2D eigenvalue weighted by Crippen LogP contribution is -2.48. The molecule has 0 heterocycles. The van der Waals surface area contributed by atoms with Crippen LogP contribution in [0.5, 0.6) is 0 Å². The summed E-state index contributed by atoms with van der Waals surface area (Å²) < 4.78 is 0. The van der Waals surface area contributed by atoms with Crippen LogP contribution in [0.1, 0.15) is 71.9 Å². The second kappa shape index (κ2) is 13.4. The molecule has 4 saturated carbocycles. The molecule has 0 aliphatic heterocycles. The fraction of sp³-hybridized carbons (Fsp3) is 0.207. The van der Waals surface area contributed by atoms with E-state index in [1.54, 1.807) is 5.56 Å². The topological polar surface area (TPSA) is 3.24 Å². The molecule has 4 bridgehead atoms. The summed E-state index contributed by atoms with van der Waals surface area (Å²) in [5.74, 6) is 2.74. The van der Waals surface area contributed by atoms with Crippen LogP contribution in [0.15, 0.2) is 188 Å². The Hall–Kier alpha value is -6.18. The van der Waals surface area contributed by atoms with Gasteiger partial charge in [-0.2, -0.15) is 0 Å². The summed E-state index contributed by atoms with van der Waals surface area (Å²) >= 11 is 0. The van der Waals surface area contributed by atoms with E-state index in [4.69, 9.17) is 0 Å². The molecule has 0 aromatic heterocycles. The minimum absolute atomic E-state index is 0.346. The Bertz CT molecular complexity index is 2780. The van der Waals surface area contributed by atoms with Crippen LogP contribution in [-0.4, -0.2) is 0 Å². The van der Waals surface area contributed by atoms with E-state index in [0.717, 1.165) is 17.8 Å². The van der Waals surface area contributed by atoms with Crippen molar-refractivity contribution < 1.29 is 0 Å². The average Bonchev–Trinajstić information content (AvgIpc) is 3.58. The quantitative estimate of drug-likeness (QED) is 0.156. The molecule has 0 radical (unpaired) electrons. The van der Waals surface area contributed by atoms with Crippen LogP contribution >= 0.6 is 0 Å². The number of nitrogens with zero attached hydrogens (tertiary/aromatic N) is 1. The fourth-order valence-electron chi connectivity index (χ4n) is 13.1. The summed E-state index contributed by atoms with van der Waals surface area (Å²) in [4.78, 5) is 2.56. The standard InChI is InChI=1S/C58H49N/c1-39-14-13-23-52-55(39)51-30-29-49(35-53(51)58(52,46-18-7-3-8-19-46)47-20-9-4-10-21-47)59(54-31-24-43-15-11-12-22-50(43)56(54)44-16-5-2-6-17-44)48-27-25-45(26-28-48)57-36-40-32-41(37-57)34-42(33-40)38-57/h2-31,35,40-42H,32-34,36-38H2,1H3. The molecule has 0 unspecified atom stereocenters. The van der Waals surface area contributed by atoms with Crippen molar-refractivity contribution in [3.63, 3.8) is 0 Å². The SMILES string of the molecule is Cc1cccc2c1-c1ccc(N(c3ccc(C45CC6CC(CC(C6)C4)C5)cc3)c3ccc4ccccc4c3-c3ccccc3)cc1C2(c1ccccc1)c1ccccc1. The normalized spacial score (nSPS) is 21.9. The number of anilines is 3. The van der Waals surface area contributed by atoms with E-state index in [9.17, 15) is 0 Å². The van der Waals surface area contributed by atoms with Gasteiger partial charge in [0.15, 0.2) is 0 Å². The highest BCUT2D eigenvalue weighted by molar-refractivity contribution is 6.05. The van der Waals surface area contributed by atoms with Gasteiger partial charge in [0.25, 0.3) is 0 Å². The van der Waals surface area contributed by atoms with Gasteiger partial charge in [0.2, 0.25) is 0 Å². The molecular formula is C58H49N. The van der Waals surface area contributed by atoms with E-state index in [1.165, 1.54) is 116 Å². The number of fused-ring (bicyclic) bond motifs is 4. The van der Waals surface area contributed by atoms with E-state index in [1.807, 2.05) is 0 Å². The van der Waals surface area contributed by atoms with Gasteiger partial charge in [0.05, 0.1) is 11.1 Å². The summed E-state index contributed by atoms with van der Waals surface area (Å²) in [5.41, 5.74) is 16.7. The minimum Gasteiger partial charge on any atom is -0.310 e. The van der Waals surface area contributed by atoms with Gasteiger partial charge in [-0.05, 0) is 160 Å². The highest BCUT2D eigenvalue weighted by atomic mass is 15.1. The van der Waals surface area contributed by atoms with Crippen molar-refractivity contribution in [1.82, 2.24) is 0 Å². The first-order valence-electron chi connectivity index (χ1n) is 21.9. The lowest BCUT2D eigenvalue weighted by atomic mass is 9.48. The molecule has 4 fully saturated rings. The zero-order valence-corrected chi connectivity index (χ0v) is 33.8. The van der Waals surface area contributed by atoms with Gasteiger partial charge < -0.3 is 4.90 Å². The molecule has 0 spiro atoms. The highest BCUT2D eigenvalue weighted by Gasteiger charge is 2.52. The maximum absolute atomic E-state index is 2.56. The molecule has 8 aromatic carbocycles. The van der Waals surface area contributed by atoms with Crippen LogP contribution in [0.3, 0.4) is 0 Å². The zero-order chi connectivity index (χ0) is 39.1. The summed E-state index contributed by atoms with van der Waals surface area (Å²) in [6.45, 7) is 2.28. The van der Waals surface area contributed by atoms with E-state index in [-0.39, 0.29) is 0 Å². The summed E-state index contributed by atoms with van der Waals surface area (Å²) in [5, 5.41) is 2.51. The first-order chi connectivity index (χ1) is 29.1. The van der Waals surface area contributed by atoms with Crippen LogP contribution in [0.2, 0.25) is 0 Å². The number of hydrogen-bond acceptors (Lipinski definition) is 1. The lowest BCUT2D eigenvalue weighted by molar-refractivity contribution is -0.00518. The van der Waals surface area contributed by atoms with E-state index < -0.39 is 5.41 Å². The molecule has 0 N–H and O–H groups in total. The van der Waals surface area contributed by atoms with Gasteiger partial charge >= 0.3 is 0 Å². The first-order valence-corrected chi connectivity index (χ1v) is 21.9. The summed E-state index contributed by atoms with van der Waals surface area (Å²) in [7, 11) is 0. The molecule has 5 aliphatic carbocycles. The fourth-order valence-corrected chi connectivity index (χ4v) is 13.1. The molecule has 8 aromatic rings. The Morgan fingerprint density at radius 1 is 0.458 bits per heavy atom. The van der Waals surface area contributed by atoms with Crippen LogP contribution in [0.4, 0.5) is 17.1 Å². The monoisotopic (exact) mass is 759 g/mol. The second-order valence-corrected chi connectivity index (χ2v) is 18.3. The predicted molar refractivity (Wildman–Crippen MR) is 246 cm³/mol. The van der Waals surface area contributed by atoms with Crippen molar-refractivity contribution in [2.75, 3.05) is 4.90 Å². The van der Waals surface area contributed by atoms with Gasteiger partial charge in [-0.15, -0.1) is 0 Å². The van der Waals surface area contributed by atoms with Gasteiger partial charge in [-0.25, -0.2) is 0 Å². The van der Waals surface area contributed by atoms with Crippen molar-refractivity contribution in [2.45, 2.75) is 56.3 Å². The maximum Gasteiger partial charge on any atom is 0.0714 e. The zero-order valence-electron chi connectivity index (χ0n) is 33.8. The molecule has 13 rings (SSSR count). The molecule has 286 valence electrons. The van der Waals surface area contributed by atoms with E-state index in [2.05, 4.69) is 200 Å². The first kappa shape index (κ1) is 34.8. The lowest BCUT2D eigenvalue weighted by Gasteiger charge is -2.57. The van der Waals surface area contributed by atoms with Crippen molar-refractivity contribution in [2.24, 2.45) is 17.8 Å². The Balaban J connectivity index is 1.11. The summed E-state index contributed by atoms with van der Waals surface area (Å²) in [6.07, 6.45) is 8.50. The van der Waals surface area contributed by atoms with E-state index in [0.29, 0.717) is 5.41 Å². The predicted octanol–water partition coefficient (Wildman–Crippen LogP) is 15.1. The Kier molecular flexibility index (Phi) is 7.93. The molecule has 0 amide bonds. The number of benzene rings is 8. The smallest absolute Gasteiger partial charge is 0.0714 e. The molecule has 1 nitrogen and oxygen atoms in total. The van der Waals surface area contributed by atoms with Crippen LogP contribution in [-0.2, 0) is 10.8 Å². The third-order valence-electron chi connectivity index (χ3n) is 15.0.